The Morgan fingerprint density at radius 3 is 3.06 bits per heavy atom. The van der Waals surface area contributed by atoms with Crippen LogP contribution < -0.4 is 5.73 Å². The van der Waals surface area contributed by atoms with Crippen LogP contribution in [0, 0.1) is 0 Å². The minimum atomic E-state index is 0.372. The molecular formula is C12H16ClNOS. The first kappa shape index (κ1) is 12.1. The van der Waals surface area contributed by atoms with Crippen molar-refractivity contribution in [1.82, 2.24) is 0 Å². The van der Waals surface area contributed by atoms with Gasteiger partial charge in [-0.15, -0.1) is 11.8 Å². The van der Waals surface area contributed by atoms with Crippen LogP contribution in [0.1, 0.15) is 19.3 Å². The molecular weight excluding hydrogens is 242 g/mol. The Hall–Kier alpha value is -0.380. The highest BCUT2D eigenvalue weighted by Crippen LogP contribution is 2.31. The first-order valence-corrected chi connectivity index (χ1v) is 6.91. The van der Waals surface area contributed by atoms with Crippen molar-refractivity contribution in [2.75, 3.05) is 18.1 Å². The monoisotopic (exact) mass is 257 g/mol. The largest absolute Gasteiger partial charge is 0.399 e. The van der Waals surface area contributed by atoms with Gasteiger partial charge >= 0.3 is 0 Å². The van der Waals surface area contributed by atoms with Crippen molar-refractivity contribution in [2.24, 2.45) is 0 Å². The van der Waals surface area contributed by atoms with Crippen LogP contribution >= 0.6 is 23.4 Å². The highest BCUT2D eigenvalue weighted by molar-refractivity contribution is 7.99. The Morgan fingerprint density at radius 2 is 2.31 bits per heavy atom. The molecule has 0 spiro atoms. The molecule has 2 N–H and O–H groups in total. The van der Waals surface area contributed by atoms with Crippen molar-refractivity contribution >= 4 is 29.1 Å². The average Bonchev–Trinajstić information content (AvgIpc) is 2.32. The van der Waals surface area contributed by atoms with Gasteiger partial charge in [0.1, 0.15) is 0 Å². The molecule has 1 aliphatic heterocycles. The average molecular weight is 258 g/mol. The zero-order chi connectivity index (χ0) is 11.4. The lowest BCUT2D eigenvalue weighted by molar-refractivity contribution is 0.0315. The minimum absolute atomic E-state index is 0.372. The SMILES string of the molecule is Nc1ccc(Cl)c(SCC2CCCCO2)c1. The number of rotatable bonds is 3. The normalized spacial score (nSPS) is 20.9. The molecule has 2 nitrogen and oxygen atoms in total. The smallest absolute Gasteiger partial charge is 0.0669 e. The Kier molecular flexibility index (Phi) is 4.38. The van der Waals surface area contributed by atoms with Crippen molar-refractivity contribution in [3.63, 3.8) is 0 Å². The third-order valence-corrected chi connectivity index (χ3v) is 4.28. The maximum absolute atomic E-state index is 6.10. The molecule has 1 saturated heterocycles. The van der Waals surface area contributed by atoms with Gasteiger partial charge in [-0.25, -0.2) is 0 Å². The third kappa shape index (κ3) is 3.30. The molecule has 0 saturated carbocycles. The molecule has 4 heteroatoms. The molecule has 0 aliphatic carbocycles. The summed E-state index contributed by atoms with van der Waals surface area (Å²) in [6, 6.07) is 5.60. The van der Waals surface area contributed by atoms with E-state index in [1.54, 1.807) is 11.8 Å². The number of ether oxygens (including phenoxy) is 1. The third-order valence-electron chi connectivity index (χ3n) is 2.65. The Morgan fingerprint density at radius 1 is 1.44 bits per heavy atom. The van der Waals surface area contributed by atoms with Gasteiger partial charge in [-0.05, 0) is 37.5 Å². The lowest BCUT2D eigenvalue weighted by Gasteiger charge is -2.22. The molecule has 1 aromatic carbocycles. The topological polar surface area (TPSA) is 35.2 Å². The fourth-order valence-corrected chi connectivity index (χ4v) is 3.09. The summed E-state index contributed by atoms with van der Waals surface area (Å²) in [6.45, 7) is 0.899. The fourth-order valence-electron chi connectivity index (χ4n) is 1.75. The second-order valence-electron chi connectivity index (χ2n) is 3.99. The first-order chi connectivity index (χ1) is 7.75. The molecule has 0 amide bonds. The highest BCUT2D eigenvalue weighted by Gasteiger charge is 2.14. The van der Waals surface area contributed by atoms with Gasteiger partial charge in [-0.3, -0.25) is 0 Å². The minimum Gasteiger partial charge on any atom is -0.399 e. The van der Waals surface area contributed by atoms with E-state index in [0.717, 1.165) is 34.4 Å². The summed E-state index contributed by atoms with van der Waals surface area (Å²) >= 11 is 7.83. The van der Waals surface area contributed by atoms with E-state index in [-0.39, 0.29) is 0 Å². The molecule has 1 atom stereocenters. The predicted molar refractivity (Wildman–Crippen MR) is 70.2 cm³/mol. The lowest BCUT2D eigenvalue weighted by atomic mass is 10.1. The van der Waals surface area contributed by atoms with Gasteiger partial charge in [0.05, 0.1) is 11.1 Å². The van der Waals surface area contributed by atoms with Gasteiger partial charge in [-0.1, -0.05) is 11.6 Å². The van der Waals surface area contributed by atoms with E-state index in [1.807, 2.05) is 18.2 Å². The summed E-state index contributed by atoms with van der Waals surface area (Å²) in [4.78, 5) is 1.05. The number of hydrogen-bond donors (Lipinski definition) is 1. The predicted octanol–water partition coefficient (Wildman–Crippen LogP) is 3.58. The molecule has 1 aliphatic rings. The van der Waals surface area contributed by atoms with Crippen LogP contribution in [0.15, 0.2) is 23.1 Å². The maximum Gasteiger partial charge on any atom is 0.0669 e. The number of benzene rings is 1. The van der Waals surface area contributed by atoms with Crippen LogP contribution in [0.3, 0.4) is 0 Å². The molecule has 1 aromatic rings. The van der Waals surface area contributed by atoms with Crippen molar-refractivity contribution in [3.8, 4) is 0 Å². The summed E-state index contributed by atoms with van der Waals surface area (Å²) in [7, 11) is 0. The van der Waals surface area contributed by atoms with Crippen LogP contribution in [0.25, 0.3) is 0 Å². The molecule has 0 radical (unpaired) electrons. The summed E-state index contributed by atoms with van der Waals surface area (Å²) in [5.74, 6) is 0.961. The molecule has 1 unspecified atom stereocenters. The van der Waals surface area contributed by atoms with E-state index < -0.39 is 0 Å². The highest BCUT2D eigenvalue weighted by atomic mass is 35.5. The Labute approximate surface area is 105 Å². The maximum atomic E-state index is 6.10. The van der Waals surface area contributed by atoms with Crippen molar-refractivity contribution < 1.29 is 4.74 Å². The van der Waals surface area contributed by atoms with Crippen molar-refractivity contribution in [3.05, 3.63) is 23.2 Å². The Balaban J connectivity index is 1.90. The number of halogens is 1. The molecule has 0 aromatic heterocycles. The second kappa shape index (κ2) is 5.80. The quantitative estimate of drug-likeness (QED) is 0.664. The molecule has 88 valence electrons. The van der Waals surface area contributed by atoms with E-state index in [1.165, 1.54) is 12.8 Å². The van der Waals surface area contributed by atoms with Gasteiger partial charge in [0.25, 0.3) is 0 Å². The van der Waals surface area contributed by atoms with E-state index in [0.29, 0.717) is 6.10 Å². The number of nitrogen functional groups attached to an aromatic ring is 1. The standard InChI is InChI=1S/C12H16ClNOS/c13-11-5-4-9(14)7-12(11)16-8-10-3-1-2-6-15-10/h4-5,7,10H,1-3,6,8,14H2. The van der Waals surface area contributed by atoms with Crippen LogP contribution in [0.2, 0.25) is 5.02 Å². The summed E-state index contributed by atoms with van der Waals surface area (Å²) in [5, 5.41) is 0.773. The lowest BCUT2D eigenvalue weighted by Crippen LogP contribution is -2.21. The molecule has 16 heavy (non-hydrogen) atoms. The van der Waals surface area contributed by atoms with E-state index in [9.17, 15) is 0 Å². The van der Waals surface area contributed by atoms with Crippen molar-refractivity contribution in [2.45, 2.75) is 30.3 Å². The summed E-state index contributed by atoms with van der Waals surface area (Å²) in [5.41, 5.74) is 6.49. The number of nitrogens with two attached hydrogens (primary N) is 1. The van der Waals surface area contributed by atoms with Gasteiger partial charge < -0.3 is 10.5 Å². The first-order valence-electron chi connectivity index (χ1n) is 5.55. The van der Waals surface area contributed by atoms with Crippen LogP contribution in [-0.4, -0.2) is 18.5 Å². The van der Waals surface area contributed by atoms with Crippen LogP contribution in [0.4, 0.5) is 5.69 Å². The zero-order valence-electron chi connectivity index (χ0n) is 9.12. The van der Waals surface area contributed by atoms with Crippen molar-refractivity contribution in [1.29, 1.82) is 0 Å². The van der Waals surface area contributed by atoms with Crippen LogP contribution in [0.5, 0.6) is 0 Å². The van der Waals surface area contributed by atoms with Gasteiger partial charge in [0.15, 0.2) is 0 Å². The van der Waals surface area contributed by atoms with E-state index in [2.05, 4.69) is 0 Å². The number of hydrogen-bond acceptors (Lipinski definition) is 3. The fraction of sp³-hybridized carbons (Fsp3) is 0.500. The summed E-state index contributed by atoms with van der Waals surface area (Å²) in [6.07, 6.45) is 4.00. The van der Waals surface area contributed by atoms with Gasteiger partial charge in [-0.2, -0.15) is 0 Å². The summed E-state index contributed by atoms with van der Waals surface area (Å²) < 4.78 is 5.67. The van der Waals surface area contributed by atoms with Gasteiger partial charge in [0.2, 0.25) is 0 Å². The second-order valence-corrected chi connectivity index (χ2v) is 5.46. The van der Waals surface area contributed by atoms with E-state index in [4.69, 9.17) is 22.1 Å². The van der Waals surface area contributed by atoms with Gasteiger partial charge in [0, 0.05) is 22.9 Å². The molecule has 1 heterocycles. The number of anilines is 1. The number of thioether (sulfide) groups is 1. The zero-order valence-corrected chi connectivity index (χ0v) is 10.7. The molecule has 2 rings (SSSR count). The van der Waals surface area contributed by atoms with E-state index >= 15 is 0 Å². The van der Waals surface area contributed by atoms with Crippen LogP contribution in [-0.2, 0) is 4.74 Å². The molecule has 1 fully saturated rings. The molecule has 0 bridgehead atoms. The Bertz CT molecular complexity index is 353.